The van der Waals surface area contributed by atoms with Gasteiger partial charge in [0.05, 0.1) is 37.8 Å². The van der Waals surface area contributed by atoms with Crippen LogP contribution in [0.25, 0.3) is 0 Å². The molecular formula is C19H24N4O3. The molecule has 1 aliphatic rings. The molecule has 1 aromatic carbocycles. The molecule has 0 bridgehead atoms. The Bertz CT molecular complexity index is 749. The first kappa shape index (κ1) is 18.1. The quantitative estimate of drug-likeness (QED) is 0.792. The number of ether oxygens (including phenoxy) is 2. The number of aromatic nitrogens is 2. The molecule has 2 aromatic rings. The van der Waals surface area contributed by atoms with E-state index in [4.69, 9.17) is 9.47 Å². The van der Waals surface area contributed by atoms with Crippen LogP contribution in [0, 0.1) is 0 Å². The maximum absolute atomic E-state index is 12.0. The topological polar surface area (TPSA) is 67.8 Å². The third-order valence-corrected chi connectivity index (χ3v) is 4.46. The van der Waals surface area contributed by atoms with E-state index in [0.717, 1.165) is 30.8 Å². The van der Waals surface area contributed by atoms with Crippen LogP contribution in [-0.2, 0) is 4.79 Å². The number of hydrogen-bond donors (Lipinski definition) is 0. The van der Waals surface area contributed by atoms with Gasteiger partial charge >= 0.3 is 0 Å². The first-order chi connectivity index (χ1) is 12.6. The highest BCUT2D eigenvalue weighted by Gasteiger charge is 2.29. The SMILES string of the molecule is COc1ccc(Oc2cncc(C3CCCN3CC(=O)N(C)C)n2)cc1. The van der Waals surface area contributed by atoms with Crippen molar-refractivity contribution in [2.45, 2.75) is 18.9 Å². The van der Waals surface area contributed by atoms with Crippen molar-refractivity contribution in [3.63, 3.8) is 0 Å². The first-order valence-corrected chi connectivity index (χ1v) is 8.65. The number of carbonyl (C=O) groups is 1. The molecule has 0 radical (unpaired) electrons. The molecule has 0 N–H and O–H groups in total. The number of benzene rings is 1. The lowest BCUT2D eigenvalue weighted by Crippen LogP contribution is -2.36. The van der Waals surface area contributed by atoms with Crippen molar-refractivity contribution in [3.05, 3.63) is 42.4 Å². The van der Waals surface area contributed by atoms with Crippen LogP contribution in [0.5, 0.6) is 17.4 Å². The summed E-state index contributed by atoms with van der Waals surface area (Å²) in [5, 5.41) is 0. The van der Waals surface area contributed by atoms with Gasteiger partial charge < -0.3 is 14.4 Å². The molecule has 1 amide bonds. The van der Waals surface area contributed by atoms with E-state index in [1.165, 1.54) is 0 Å². The van der Waals surface area contributed by atoms with Crippen LogP contribution >= 0.6 is 0 Å². The fraction of sp³-hybridized carbons (Fsp3) is 0.421. The van der Waals surface area contributed by atoms with Crippen LogP contribution < -0.4 is 9.47 Å². The van der Waals surface area contributed by atoms with Gasteiger partial charge in [0.1, 0.15) is 11.5 Å². The highest BCUT2D eigenvalue weighted by atomic mass is 16.5. The summed E-state index contributed by atoms with van der Waals surface area (Å²) >= 11 is 0. The standard InChI is InChI=1S/C19H24N4O3/c1-22(2)19(24)13-23-10-4-5-17(23)16-11-20-12-18(21-16)26-15-8-6-14(25-3)7-9-15/h6-9,11-12,17H,4-5,10,13H2,1-3H3. The maximum Gasteiger partial charge on any atom is 0.238 e. The normalized spacial score (nSPS) is 17.1. The van der Waals surface area contributed by atoms with E-state index in [0.29, 0.717) is 18.2 Å². The van der Waals surface area contributed by atoms with Crippen molar-refractivity contribution in [2.24, 2.45) is 0 Å². The predicted molar refractivity (Wildman–Crippen MR) is 97.3 cm³/mol. The first-order valence-electron chi connectivity index (χ1n) is 8.65. The Morgan fingerprint density at radius 1 is 1.23 bits per heavy atom. The zero-order valence-electron chi connectivity index (χ0n) is 15.4. The highest BCUT2D eigenvalue weighted by molar-refractivity contribution is 5.77. The van der Waals surface area contributed by atoms with Crippen LogP contribution in [0.2, 0.25) is 0 Å². The molecule has 1 unspecified atom stereocenters. The third kappa shape index (κ3) is 4.29. The van der Waals surface area contributed by atoms with Gasteiger partial charge in [0.2, 0.25) is 11.8 Å². The highest BCUT2D eigenvalue weighted by Crippen LogP contribution is 2.31. The van der Waals surface area contributed by atoms with Crippen LogP contribution in [0.15, 0.2) is 36.7 Å². The molecule has 3 rings (SSSR count). The summed E-state index contributed by atoms with van der Waals surface area (Å²) in [5.74, 6) is 1.97. The molecular weight excluding hydrogens is 332 g/mol. The Balaban J connectivity index is 1.72. The number of carbonyl (C=O) groups excluding carboxylic acids is 1. The number of rotatable bonds is 6. The van der Waals surface area contributed by atoms with Gasteiger partial charge in [-0.2, -0.15) is 0 Å². The van der Waals surface area contributed by atoms with Crippen LogP contribution in [0.3, 0.4) is 0 Å². The molecule has 7 nitrogen and oxygen atoms in total. The Hall–Kier alpha value is -2.67. The Labute approximate surface area is 153 Å². The molecule has 138 valence electrons. The van der Waals surface area contributed by atoms with E-state index >= 15 is 0 Å². The summed E-state index contributed by atoms with van der Waals surface area (Å²) in [6.07, 6.45) is 5.35. The van der Waals surface area contributed by atoms with Crippen LogP contribution in [0.1, 0.15) is 24.6 Å². The van der Waals surface area contributed by atoms with Crippen molar-refractivity contribution < 1.29 is 14.3 Å². The fourth-order valence-electron chi connectivity index (χ4n) is 3.00. The lowest BCUT2D eigenvalue weighted by molar-refractivity contribution is -0.130. The van der Waals surface area contributed by atoms with Crippen LogP contribution in [0.4, 0.5) is 0 Å². The molecule has 1 saturated heterocycles. The molecule has 2 heterocycles. The van der Waals surface area contributed by atoms with E-state index in [2.05, 4.69) is 14.9 Å². The minimum absolute atomic E-state index is 0.0887. The van der Waals surface area contributed by atoms with Gasteiger partial charge in [-0.05, 0) is 43.7 Å². The van der Waals surface area contributed by atoms with E-state index in [9.17, 15) is 4.79 Å². The largest absolute Gasteiger partial charge is 0.497 e. The third-order valence-electron chi connectivity index (χ3n) is 4.46. The van der Waals surface area contributed by atoms with Gasteiger partial charge in [-0.15, -0.1) is 0 Å². The van der Waals surface area contributed by atoms with E-state index in [1.54, 1.807) is 38.5 Å². The molecule has 0 aliphatic carbocycles. The van der Waals surface area contributed by atoms with Gasteiger partial charge in [0.25, 0.3) is 0 Å². The summed E-state index contributed by atoms with van der Waals surface area (Å²) < 4.78 is 11.0. The second-order valence-corrected chi connectivity index (χ2v) is 6.48. The Morgan fingerprint density at radius 3 is 2.65 bits per heavy atom. The van der Waals surface area contributed by atoms with E-state index in [-0.39, 0.29) is 11.9 Å². The number of nitrogens with zero attached hydrogens (tertiary/aromatic N) is 4. The molecule has 1 fully saturated rings. The van der Waals surface area contributed by atoms with Crippen molar-refractivity contribution in [1.29, 1.82) is 0 Å². The van der Waals surface area contributed by atoms with Crippen molar-refractivity contribution in [2.75, 3.05) is 34.3 Å². The summed E-state index contributed by atoms with van der Waals surface area (Å²) in [6, 6.07) is 7.40. The molecule has 26 heavy (non-hydrogen) atoms. The number of likely N-dealkylation sites (tertiary alicyclic amines) is 1. The predicted octanol–water partition coefficient (Wildman–Crippen LogP) is 2.50. The lowest BCUT2D eigenvalue weighted by Gasteiger charge is -2.24. The minimum Gasteiger partial charge on any atom is -0.497 e. The molecule has 1 atom stereocenters. The van der Waals surface area contributed by atoms with E-state index < -0.39 is 0 Å². The number of likely N-dealkylation sites (N-methyl/N-ethyl adjacent to an activating group) is 1. The average Bonchev–Trinajstić information content (AvgIpc) is 3.10. The molecule has 1 aromatic heterocycles. The van der Waals surface area contributed by atoms with Crippen molar-refractivity contribution >= 4 is 5.91 Å². The number of hydrogen-bond acceptors (Lipinski definition) is 6. The Morgan fingerprint density at radius 2 is 1.96 bits per heavy atom. The van der Waals surface area contributed by atoms with Crippen LogP contribution in [-0.4, -0.2) is 60.0 Å². The van der Waals surface area contributed by atoms with Gasteiger partial charge in [-0.1, -0.05) is 0 Å². The second-order valence-electron chi connectivity index (χ2n) is 6.48. The fourth-order valence-corrected chi connectivity index (χ4v) is 3.00. The summed E-state index contributed by atoms with van der Waals surface area (Å²) in [6.45, 7) is 1.28. The smallest absolute Gasteiger partial charge is 0.238 e. The number of methoxy groups -OCH3 is 1. The zero-order chi connectivity index (χ0) is 18.5. The Kier molecular flexibility index (Phi) is 5.68. The number of amides is 1. The van der Waals surface area contributed by atoms with Gasteiger partial charge in [-0.25, -0.2) is 4.98 Å². The summed E-state index contributed by atoms with van der Waals surface area (Å²) in [7, 11) is 5.17. The van der Waals surface area contributed by atoms with Gasteiger partial charge in [-0.3, -0.25) is 14.7 Å². The van der Waals surface area contributed by atoms with E-state index in [1.807, 2.05) is 24.3 Å². The zero-order valence-corrected chi connectivity index (χ0v) is 15.4. The lowest BCUT2D eigenvalue weighted by atomic mass is 10.1. The molecule has 0 spiro atoms. The molecule has 7 heteroatoms. The second kappa shape index (κ2) is 8.14. The minimum atomic E-state index is 0.0887. The van der Waals surface area contributed by atoms with Crippen molar-refractivity contribution in [3.8, 4) is 17.4 Å². The molecule has 0 saturated carbocycles. The molecule has 1 aliphatic heterocycles. The van der Waals surface area contributed by atoms with Gasteiger partial charge in [0, 0.05) is 14.1 Å². The monoisotopic (exact) mass is 356 g/mol. The average molecular weight is 356 g/mol. The maximum atomic E-state index is 12.0. The summed E-state index contributed by atoms with van der Waals surface area (Å²) in [4.78, 5) is 24.7. The van der Waals surface area contributed by atoms with Gasteiger partial charge in [0.15, 0.2) is 0 Å². The summed E-state index contributed by atoms with van der Waals surface area (Å²) in [5.41, 5.74) is 0.833. The van der Waals surface area contributed by atoms with Crippen molar-refractivity contribution in [1.82, 2.24) is 19.8 Å².